The molecule has 0 aliphatic carbocycles. The average Bonchev–Trinajstić information content (AvgIpc) is 3.13. The minimum absolute atomic E-state index is 0.120. The zero-order valence-electron chi connectivity index (χ0n) is 18.1. The molecule has 1 fully saturated rings. The van der Waals surface area contributed by atoms with Crippen LogP contribution < -0.4 is 14.4 Å². The van der Waals surface area contributed by atoms with E-state index in [2.05, 4.69) is 0 Å². The van der Waals surface area contributed by atoms with Crippen molar-refractivity contribution in [1.29, 1.82) is 0 Å². The summed E-state index contributed by atoms with van der Waals surface area (Å²) in [5.74, 6) is 0.649. The van der Waals surface area contributed by atoms with Gasteiger partial charge in [-0.25, -0.2) is 8.42 Å². The van der Waals surface area contributed by atoms with E-state index in [0.29, 0.717) is 41.5 Å². The van der Waals surface area contributed by atoms with E-state index in [0.717, 1.165) is 30.5 Å². The summed E-state index contributed by atoms with van der Waals surface area (Å²) in [4.78, 5) is 15.5. The fourth-order valence-electron chi connectivity index (χ4n) is 4.51. The smallest absolute Gasteiger partial charge is 0.266 e. The molecule has 1 unspecified atom stereocenters. The lowest BCUT2D eigenvalue weighted by Crippen LogP contribution is -2.36. The van der Waals surface area contributed by atoms with Crippen LogP contribution in [0.15, 0.2) is 41.3 Å². The van der Waals surface area contributed by atoms with Crippen molar-refractivity contribution in [3.8, 4) is 11.5 Å². The van der Waals surface area contributed by atoms with Gasteiger partial charge < -0.3 is 14.4 Å². The molecule has 2 aromatic rings. The standard InChI is InChI=1S/C23H28N2O5S/c1-16-14-17-15-18(31(27,28)24-12-5-4-6-13-24)10-11-19(17)25(16)23(26)22-20(29-2)8-7-9-21(22)30-3/h7-11,15-16H,4-6,12-14H2,1-3H3. The molecule has 31 heavy (non-hydrogen) atoms. The second-order valence-corrected chi connectivity index (χ2v) is 9.96. The molecule has 4 rings (SSSR count). The number of carbonyl (C=O) groups excluding carboxylic acids is 1. The summed E-state index contributed by atoms with van der Waals surface area (Å²) in [6.07, 6.45) is 3.44. The molecule has 2 heterocycles. The van der Waals surface area contributed by atoms with Gasteiger partial charge in [-0.1, -0.05) is 12.5 Å². The predicted molar refractivity (Wildman–Crippen MR) is 119 cm³/mol. The molecule has 166 valence electrons. The number of rotatable bonds is 5. The minimum Gasteiger partial charge on any atom is -0.496 e. The normalized spacial score (nSPS) is 19.2. The van der Waals surface area contributed by atoms with Crippen LogP contribution in [-0.2, 0) is 16.4 Å². The molecule has 0 saturated carbocycles. The number of carbonyl (C=O) groups is 1. The number of fused-ring (bicyclic) bond motifs is 1. The summed E-state index contributed by atoms with van der Waals surface area (Å²) in [5, 5.41) is 0. The fraction of sp³-hybridized carbons (Fsp3) is 0.435. The maximum atomic E-state index is 13.5. The van der Waals surface area contributed by atoms with E-state index in [4.69, 9.17) is 9.47 Å². The van der Waals surface area contributed by atoms with Crippen LogP contribution in [0.5, 0.6) is 11.5 Å². The van der Waals surface area contributed by atoms with Crippen molar-refractivity contribution in [3.05, 3.63) is 47.5 Å². The molecule has 2 aliphatic rings. The van der Waals surface area contributed by atoms with Crippen molar-refractivity contribution in [1.82, 2.24) is 4.31 Å². The molecule has 8 heteroatoms. The number of hydrogen-bond acceptors (Lipinski definition) is 5. The van der Waals surface area contributed by atoms with Crippen LogP contribution in [0.4, 0.5) is 5.69 Å². The number of benzene rings is 2. The molecular weight excluding hydrogens is 416 g/mol. The Morgan fingerprint density at radius 1 is 1.00 bits per heavy atom. The molecule has 2 aliphatic heterocycles. The Kier molecular flexibility index (Phi) is 5.94. The zero-order valence-corrected chi connectivity index (χ0v) is 18.9. The van der Waals surface area contributed by atoms with Crippen LogP contribution in [0.25, 0.3) is 0 Å². The lowest BCUT2D eigenvalue weighted by Gasteiger charge is -2.26. The Hall–Kier alpha value is -2.58. The maximum absolute atomic E-state index is 13.5. The molecule has 0 bridgehead atoms. The molecule has 7 nitrogen and oxygen atoms in total. The summed E-state index contributed by atoms with van der Waals surface area (Å²) in [7, 11) is -0.485. The van der Waals surface area contributed by atoms with Gasteiger partial charge in [-0.05, 0) is 62.1 Å². The summed E-state index contributed by atoms with van der Waals surface area (Å²) in [6.45, 7) is 3.08. The van der Waals surface area contributed by atoms with Gasteiger partial charge >= 0.3 is 0 Å². The number of nitrogens with zero attached hydrogens (tertiary/aromatic N) is 2. The second-order valence-electron chi connectivity index (χ2n) is 8.02. The second kappa shape index (κ2) is 8.51. The van der Waals surface area contributed by atoms with E-state index in [9.17, 15) is 13.2 Å². The van der Waals surface area contributed by atoms with Crippen LogP contribution in [0.1, 0.15) is 42.1 Å². The highest BCUT2D eigenvalue weighted by Gasteiger charge is 2.36. The first-order valence-electron chi connectivity index (χ1n) is 10.6. The third-order valence-electron chi connectivity index (χ3n) is 6.08. The molecule has 1 saturated heterocycles. The van der Waals surface area contributed by atoms with E-state index in [1.165, 1.54) is 14.2 Å². The highest BCUT2D eigenvalue weighted by atomic mass is 32.2. The van der Waals surface area contributed by atoms with E-state index in [-0.39, 0.29) is 11.9 Å². The Bertz CT molecular complexity index is 1070. The predicted octanol–water partition coefficient (Wildman–Crippen LogP) is 3.47. The van der Waals surface area contributed by atoms with Gasteiger partial charge in [-0.15, -0.1) is 0 Å². The highest BCUT2D eigenvalue weighted by molar-refractivity contribution is 7.89. The maximum Gasteiger partial charge on any atom is 0.266 e. The minimum atomic E-state index is -3.52. The van der Waals surface area contributed by atoms with Gasteiger partial charge in [0.25, 0.3) is 5.91 Å². The van der Waals surface area contributed by atoms with E-state index in [1.807, 2.05) is 6.92 Å². The van der Waals surface area contributed by atoms with Crippen molar-refractivity contribution < 1.29 is 22.7 Å². The van der Waals surface area contributed by atoms with Crippen molar-refractivity contribution in [2.45, 2.75) is 43.5 Å². The number of methoxy groups -OCH3 is 2. The Morgan fingerprint density at radius 2 is 1.65 bits per heavy atom. The van der Waals surface area contributed by atoms with Gasteiger partial charge in [0, 0.05) is 24.8 Å². The first-order valence-corrected chi connectivity index (χ1v) is 12.0. The number of anilines is 1. The van der Waals surface area contributed by atoms with Gasteiger partial charge in [-0.3, -0.25) is 4.79 Å². The topological polar surface area (TPSA) is 76.1 Å². The Morgan fingerprint density at radius 3 is 2.26 bits per heavy atom. The third kappa shape index (κ3) is 3.78. The van der Waals surface area contributed by atoms with Crippen molar-refractivity contribution in [2.75, 3.05) is 32.2 Å². The molecule has 0 radical (unpaired) electrons. The highest BCUT2D eigenvalue weighted by Crippen LogP contribution is 2.38. The molecule has 2 aromatic carbocycles. The van der Waals surface area contributed by atoms with Crippen LogP contribution in [0.2, 0.25) is 0 Å². The van der Waals surface area contributed by atoms with Crippen molar-refractivity contribution in [3.63, 3.8) is 0 Å². The number of amides is 1. The number of ether oxygens (including phenoxy) is 2. The van der Waals surface area contributed by atoms with Gasteiger partial charge in [0.15, 0.2) is 0 Å². The zero-order chi connectivity index (χ0) is 22.2. The van der Waals surface area contributed by atoms with Gasteiger partial charge in [0.2, 0.25) is 10.0 Å². The SMILES string of the molecule is COc1cccc(OC)c1C(=O)N1c2ccc(S(=O)(=O)N3CCCCC3)cc2CC1C. The molecular formula is C23H28N2O5S. The van der Waals surface area contributed by atoms with Crippen molar-refractivity contribution >= 4 is 21.6 Å². The lowest BCUT2D eigenvalue weighted by atomic mass is 10.1. The molecule has 1 atom stereocenters. The number of piperidine rings is 1. The molecule has 0 aromatic heterocycles. The van der Waals surface area contributed by atoms with Crippen molar-refractivity contribution in [2.24, 2.45) is 0 Å². The lowest BCUT2D eigenvalue weighted by molar-refractivity contribution is 0.0975. The monoisotopic (exact) mass is 444 g/mol. The first kappa shape index (κ1) is 21.6. The van der Waals surface area contributed by atoms with E-state index >= 15 is 0 Å². The average molecular weight is 445 g/mol. The van der Waals surface area contributed by atoms with Gasteiger partial charge in [0.1, 0.15) is 17.1 Å². The number of hydrogen-bond donors (Lipinski definition) is 0. The van der Waals surface area contributed by atoms with Crippen LogP contribution in [0, 0.1) is 0 Å². The largest absolute Gasteiger partial charge is 0.496 e. The van der Waals surface area contributed by atoms with Crippen LogP contribution in [-0.4, -0.2) is 52.0 Å². The summed E-state index contributed by atoms with van der Waals surface area (Å²) in [5.41, 5.74) is 1.94. The van der Waals surface area contributed by atoms with Gasteiger partial charge in [-0.2, -0.15) is 4.31 Å². The molecule has 0 N–H and O–H groups in total. The molecule has 1 amide bonds. The quantitative estimate of drug-likeness (QED) is 0.706. The first-order chi connectivity index (χ1) is 14.9. The Balaban J connectivity index is 1.70. The third-order valence-corrected chi connectivity index (χ3v) is 7.97. The van der Waals surface area contributed by atoms with Crippen LogP contribution >= 0.6 is 0 Å². The van der Waals surface area contributed by atoms with E-state index < -0.39 is 10.0 Å². The van der Waals surface area contributed by atoms with Gasteiger partial charge in [0.05, 0.1) is 19.1 Å². The summed E-state index contributed by atoms with van der Waals surface area (Å²) in [6, 6.07) is 10.2. The summed E-state index contributed by atoms with van der Waals surface area (Å²) >= 11 is 0. The Labute approximate surface area is 183 Å². The summed E-state index contributed by atoms with van der Waals surface area (Å²) < 4.78 is 38.6. The fourth-order valence-corrected chi connectivity index (χ4v) is 6.08. The van der Waals surface area contributed by atoms with E-state index in [1.54, 1.807) is 45.6 Å². The van der Waals surface area contributed by atoms with Crippen LogP contribution in [0.3, 0.4) is 0 Å². The molecule has 0 spiro atoms. The number of sulfonamides is 1.